The smallest absolute Gasteiger partial charge is 0.222 e. The highest BCUT2D eigenvalue weighted by molar-refractivity contribution is 5.77. The van der Waals surface area contributed by atoms with Gasteiger partial charge in [0.05, 0.1) is 13.4 Å². The molecule has 1 amide bonds. The van der Waals surface area contributed by atoms with Crippen molar-refractivity contribution in [3.8, 4) is 5.75 Å². The molecule has 0 radical (unpaired) electrons. The number of nitrogens with zero attached hydrogens (tertiary/aromatic N) is 1. The highest BCUT2D eigenvalue weighted by atomic mass is 16.5. The standard InChI is InChI=1S/C18H21NO3/c1-21-16-6-3-2-5-14(16)8-9-18(20)19-11-10-15(13-19)17-7-4-12-22-17/h2-7,12,15H,8-11,13H2,1H3. The second-order valence-corrected chi connectivity index (χ2v) is 5.65. The van der Waals surface area contributed by atoms with Gasteiger partial charge in [0.15, 0.2) is 0 Å². The summed E-state index contributed by atoms with van der Waals surface area (Å²) in [4.78, 5) is 14.3. The summed E-state index contributed by atoms with van der Waals surface area (Å²) in [6, 6.07) is 11.8. The number of methoxy groups -OCH3 is 1. The van der Waals surface area contributed by atoms with Gasteiger partial charge >= 0.3 is 0 Å². The minimum absolute atomic E-state index is 0.208. The lowest BCUT2D eigenvalue weighted by atomic mass is 10.1. The van der Waals surface area contributed by atoms with Crippen LogP contribution in [0.5, 0.6) is 5.75 Å². The first-order valence-corrected chi connectivity index (χ1v) is 7.71. The Kier molecular flexibility index (Phi) is 4.47. The van der Waals surface area contributed by atoms with E-state index in [0.717, 1.165) is 36.6 Å². The molecule has 1 fully saturated rings. The molecule has 1 aromatic carbocycles. The molecular formula is C18H21NO3. The first kappa shape index (κ1) is 14.7. The van der Waals surface area contributed by atoms with Crippen molar-refractivity contribution in [3.63, 3.8) is 0 Å². The van der Waals surface area contributed by atoms with Crippen LogP contribution in [0.1, 0.15) is 30.1 Å². The predicted octanol–water partition coefficient (Wildman–Crippen LogP) is 3.24. The first-order chi connectivity index (χ1) is 10.8. The number of hydrogen-bond donors (Lipinski definition) is 0. The van der Waals surface area contributed by atoms with Crippen molar-refractivity contribution in [2.75, 3.05) is 20.2 Å². The first-order valence-electron chi connectivity index (χ1n) is 7.71. The average Bonchev–Trinajstić information content (AvgIpc) is 3.23. The Morgan fingerprint density at radius 2 is 2.18 bits per heavy atom. The molecule has 1 saturated heterocycles. The van der Waals surface area contributed by atoms with Gasteiger partial charge in [-0.15, -0.1) is 0 Å². The third-order valence-electron chi connectivity index (χ3n) is 4.29. The molecule has 2 heterocycles. The SMILES string of the molecule is COc1ccccc1CCC(=O)N1CCC(c2ccco2)C1. The number of aryl methyl sites for hydroxylation is 1. The van der Waals surface area contributed by atoms with Gasteiger partial charge < -0.3 is 14.1 Å². The van der Waals surface area contributed by atoms with Crippen molar-refractivity contribution in [2.45, 2.75) is 25.2 Å². The number of benzene rings is 1. The lowest BCUT2D eigenvalue weighted by Gasteiger charge is -2.16. The molecular weight excluding hydrogens is 278 g/mol. The number of hydrogen-bond acceptors (Lipinski definition) is 3. The van der Waals surface area contributed by atoms with Crippen LogP contribution < -0.4 is 4.74 Å². The van der Waals surface area contributed by atoms with Crippen LogP contribution in [0.15, 0.2) is 47.1 Å². The molecule has 1 aliphatic heterocycles. The quantitative estimate of drug-likeness (QED) is 0.851. The maximum atomic E-state index is 12.4. The Labute approximate surface area is 130 Å². The van der Waals surface area contributed by atoms with Crippen molar-refractivity contribution >= 4 is 5.91 Å². The van der Waals surface area contributed by atoms with Gasteiger partial charge in [-0.2, -0.15) is 0 Å². The van der Waals surface area contributed by atoms with Gasteiger partial charge in [0, 0.05) is 25.4 Å². The lowest BCUT2D eigenvalue weighted by molar-refractivity contribution is -0.130. The zero-order valence-electron chi connectivity index (χ0n) is 12.8. The number of furan rings is 1. The van der Waals surface area contributed by atoms with Gasteiger partial charge in [-0.25, -0.2) is 0 Å². The van der Waals surface area contributed by atoms with E-state index in [1.807, 2.05) is 41.3 Å². The Morgan fingerprint density at radius 3 is 2.95 bits per heavy atom. The molecule has 2 aromatic rings. The normalized spacial score (nSPS) is 17.7. The summed E-state index contributed by atoms with van der Waals surface area (Å²) in [7, 11) is 1.66. The van der Waals surface area contributed by atoms with Gasteiger partial charge in [0.1, 0.15) is 11.5 Å². The molecule has 0 saturated carbocycles. The van der Waals surface area contributed by atoms with E-state index in [0.29, 0.717) is 18.8 Å². The van der Waals surface area contributed by atoms with E-state index in [1.54, 1.807) is 13.4 Å². The summed E-state index contributed by atoms with van der Waals surface area (Å²) in [5.41, 5.74) is 1.08. The van der Waals surface area contributed by atoms with Gasteiger partial charge in [0.2, 0.25) is 5.91 Å². The number of rotatable bonds is 5. The van der Waals surface area contributed by atoms with Gasteiger partial charge in [0.25, 0.3) is 0 Å². The van der Waals surface area contributed by atoms with E-state index in [9.17, 15) is 4.79 Å². The Hall–Kier alpha value is -2.23. The van der Waals surface area contributed by atoms with Gasteiger partial charge in [-0.05, 0) is 36.6 Å². The molecule has 1 atom stereocenters. The monoisotopic (exact) mass is 299 g/mol. The molecule has 0 N–H and O–H groups in total. The van der Waals surface area contributed by atoms with Gasteiger partial charge in [-0.3, -0.25) is 4.79 Å². The van der Waals surface area contributed by atoms with Crippen LogP contribution in [0.4, 0.5) is 0 Å². The third kappa shape index (κ3) is 3.16. The largest absolute Gasteiger partial charge is 0.496 e. The highest BCUT2D eigenvalue weighted by Gasteiger charge is 2.28. The highest BCUT2D eigenvalue weighted by Crippen LogP contribution is 2.28. The molecule has 4 nitrogen and oxygen atoms in total. The summed E-state index contributed by atoms with van der Waals surface area (Å²) in [5, 5.41) is 0. The van der Waals surface area contributed by atoms with Crippen molar-refractivity contribution in [1.29, 1.82) is 0 Å². The van der Waals surface area contributed by atoms with Crippen molar-refractivity contribution in [2.24, 2.45) is 0 Å². The molecule has 3 rings (SSSR count). The van der Waals surface area contributed by atoms with Crippen LogP contribution in [0.2, 0.25) is 0 Å². The number of ether oxygens (including phenoxy) is 1. The van der Waals surface area contributed by atoms with Crippen LogP contribution in [-0.2, 0) is 11.2 Å². The van der Waals surface area contributed by atoms with Crippen LogP contribution in [-0.4, -0.2) is 31.0 Å². The van der Waals surface area contributed by atoms with Crippen molar-refractivity contribution < 1.29 is 13.9 Å². The zero-order chi connectivity index (χ0) is 15.4. The van der Waals surface area contributed by atoms with Crippen LogP contribution in [0, 0.1) is 0 Å². The molecule has 4 heteroatoms. The fourth-order valence-electron chi connectivity index (χ4n) is 3.05. The number of carbonyl (C=O) groups excluding carboxylic acids is 1. The molecule has 1 unspecified atom stereocenters. The molecule has 1 aliphatic rings. The number of carbonyl (C=O) groups is 1. The summed E-state index contributed by atoms with van der Waals surface area (Å²) in [6.45, 7) is 1.58. The fourth-order valence-corrected chi connectivity index (χ4v) is 3.05. The fraction of sp³-hybridized carbons (Fsp3) is 0.389. The van der Waals surface area contributed by atoms with Crippen LogP contribution in [0.3, 0.4) is 0 Å². The summed E-state index contributed by atoms with van der Waals surface area (Å²) >= 11 is 0. The Bertz CT molecular complexity index is 621. The minimum Gasteiger partial charge on any atom is -0.496 e. The van der Waals surface area contributed by atoms with E-state index in [2.05, 4.69) is 0 Å². The third-order valence-corrected chi connectivity index (χ3v) is 4.29. The molecule has 0 spiro atoms. The second-order valence-electron chi connectivity index (χ2n) is 5.65. The van der Waals surface area contributed by atoms with E-state index in [1.165, 1.54) is 0 Å². The predicted molar refractivity (Wildman–Crippen MR) is 84.0 cm³/mol. The zero-order valence-corrected chi connectivity index (χ0v) is 12.8. The average molecular weight is 299 g/mol. The van der Waals surface area contributed by atoms with E-state index in [4.69, 9.17) is 9.15 Å². The van der Waals surface area contributed by atoms with E-state index in [-0.39, 0.29) is 5.91 Å². The Morgan fingerprint density at radius 1 is 1.32 bits per heavy atom. The minimum atomic E-state index is 0.208. The summed E-state index contributed by atoms with van der Waals surface area (Å²) < 4.78 is 10.8. The molecule has 0 aliphatic carbocycles. The molecule has 1 aromatic heterocycles. The van der Waals surface area contributed by atoms with E-state index < -0.39 is 0 Å². The number of para-hydroxylation sites is 1. The van der Waals surface area contributed by atoms with Crippen molar-refractivity contribution in [3.05, 3.63) is 54.0 Å². The van der Waals surface area contributed by atoms with Crippen LogP contribution in [0.25, 0.3) is 0 Å². The van der Waals surface area contributed by atoms with Gasteiger partial charge in [-0.1, -0.05) is 18.2 Å². The number of likely N-dealkylation sites (tertiary alicyclic amines) is 1. The topological polar surface area (TPSA) is 42.7 Å². The maximum absolute atomic E-state index is 12.4. The van der Waals surface area contributed by atoms with Crippen molar-refractivity contribution in [1.82, 2.24) is 4.90 Å². The second kappa shape index (κ2) is 6.69. The molecule has 0 bridgehead atoms. The molecule has 116 valence electrons. The summed E-state index contributed by atoms with van der Waals surface area (Å²) in [6.07, 6.45) is 3.91. The lowest BCUT2D eigenvalue weighted by Crippen LogP contribution is -2.28. The maximum Gasteiger partial charge on any atom is 0.222 e. The van der Waals surface area contributed by atoms with Crippen LogP contribution >= 0.6 is 0 Å². The van der Waals surface area contributed by atoms with E-state index >= 15 is 0 Å². The number of amides is 1. The summed E-state index contributed by atoms with van der Waals surface area (Å²) in [5.74, 6) is 2.38. The Balaban J connectivity index is 1.55. The molecule has 22 heavy (non-hydrogen) atoms.